The maximum atomic E-state index is 12.7. The molecule has 174 valence electrons. The Morgan fingerprint density at radius 3 is 2.47 bits per heavy atom. The molecule has 0 aliphatic carbocycles. The molecule has 0 saturated carbocycles. The first-order chi connectivity index (χ1) is 15.0. The number of nitrogens with one attached hydrogen (secondary N) is 1. The smallest absolute Gasteiger partial charge is 0.422 e. The third kappa shape index (κ3) is 7.51. The van der Waals surface area contributed by atoms with Crippen LogP contribution in [0.3, 0.4) is 0 Å². The van der Waals surface area contributed by atoms with Gasteiger partial charge in [-0.1, -0.05) is 13.8 Å². The molecule has 2 rings (SSSR count). The van der Waals surface area contributed by atoms with Gasteiger partial charge in [-0.05, 0) is 37.6 Å². The lowest BCUT2D eigenvalue weighted by Crippen LogP contribution is -2.27. The highest BCUT2D eigenvalue weighted by molar-refractivity contribution is 5.94. The Kier molecular flexibility index (Phi) is 8.56. The maximum absolute atomic E-state index is 12.7. The largest absolute Gasteiger partial charge is 0.488 e. The highest BCUT2D eigenvalue weighted by Crippen LogP contribution is 2.29. The molecule has 32 heavy (non-hydrogen) atoms. The van der Waals surface area contributed by atoms with Crippen molar-refractivity contribution in [2.75, 3.05) is 13.2 Å². The fourth-order valence-electron chi connectivity index (χ4n) is 2.66. The number of pyridine rings is 2. The van der Waals surface area contributed by atoms with E-state index in [1.807, 2.05) is 0 Å². The van der Waals surface area contributed by atoms with E-state index in [0.29, 0.717) is 16.8 Å². The summed E-state index contributed by atoms with van der Waals surface area (Å²) in [6, 6.07) is 4.04. The average molecular weight is 453 g/mol. The third-order valence-electron chi connectivity index (χ3n) is 4.44. The predicted molar refractivity (Wildman–Crippen MR) is 111 cm³/mol. The number of amides is 1. The summed E-state index contributed by atoms with van der Waals surface area (Å²) in [7, 11) is 0. The second-order valence-electron chi connectivity index (χ2n) is 7.44. The van der Waals surface area contributed by atoms with Crippen LogP contribution in [-0.2, 0) is 11.2 Å². The number of nitrogens with zero attached hydrogens (tertiary/aromatic N) is 2. The summed E-state index contributed by atoms with van der Waals surface area (Å²) < 4.78 is 47.4. The summed E-state index contributed by atoms with van der Waals surface area (Å²) >= 11 is 0. The Bertz CT molecular complexity index is 948. The van der Waals surface area contributed by atoms with Crippen LogP contribution in [0.15, 0.2) is 30.6 Å². The van der Waals surface area contributed by atoms with Crippen molar-refractivity contribution in [1.29, 1.82) is 0 Å². The van der Waals surface area contributed by atoms with E-state index >= 15 is 0 Å². The van der Waals surface area contributed by atoms with Crippen molar-refractivity contribution in [3.63, 3.8) is 0 Å². The predicted octanol–water partition coefficient (Wildman–Crippen LogP) is 4.08. The highest BCUT2D eigenvalue weighted by Gasteiger charge is 2.29. The van der Waals surface area contributed by atoms with E-state index < -0.39 is 24.7 Å². The molecule has 10 heteroatoms. The van der Waals surface area contributed by atoms with Gasteiger partial charge in [0.1, 0.15) is 5.78 Å². The van der Waals surface area contributed by atoms with Gasteiger partial charge in [0.05, 0.1) is 12.6 Å². The van der Waals surface area contributed by atoms with Crippen molar-refractivity contribution < 1.29 is 32.2 Å². The summed E-state index contributed by atoms with van der Waals surface area (Å²) in [5.74, 6) is -0.738. The van der Waals surface area contributed by atoms with Gasteiger partial charge in [0.2, 0.25) is 0 Å². The minimum Gasteiger partial charge on any atom is -0.488 e. The van der Waals surface area contributed by atoms with Crippen molar-refractivity contribution in [1.82, 2.24) is 15.3 Å². The number of halogens is 3. The topological polar surface area (TPSA) is 90.4 Å². The van der Waals surface area contributed by atoms with Gasteiger partial charge in [0.25, 0.3) is 11.8 Å². The second-order valence-corrected chi connectivity index (χ2v) is 7.44. The lowest BCUT2D eigenvalue weighted by molar-refractivity contribution is -0.154. The standard InChI is InChI=1S/C22H26F3N3O4/c1-5-31-19-9-16(11-27-21(19)32-12-22(23,24)25)14(4)28-20(30)15-6-7-26-17(8-15)10-18(29)13(2)3/h6-9,11,13-14H,5,10,12H2,1-4H3,(H,28,30). The Morgan fingerprint density at radius 2 is 1.84 bits per heavy atom. The van der Waals surface area contributed by atoms with Gasteiger partial charge in [-0.3, -0.25) is 14.6 Å². The summed E-state index contributed by atoms with van der Waals surface area (Å²) in [6.07, 6.45) is -1.59. The number of carbonyl (C=O) groups excluding carboxylic acids is 2. The van der Waals surface area contributed by atoms with Gasteiger partial charge in [-0.15, -0.1) is 0 Å². The van der Waals surface area contributed by atoms with Crippen molar-refractivity contribution in [3.05, 3.63) is 47.4 Å². The molecule has 2 heterocycles. The molecule has 1 unspecified atom stereocenters. The highest BCUT2D eigenvalue weighted by atomic mass is 19.4. The van der Waals surface area contributed by atoms with Gasteiger partial charge in [-0.2, -0.15) is 13.2 Å². The lowest BCUT2D eigenvalue weighted by atomic mass is 10.0. The number of carbonyl (C=O) groups is 2. The number of hydrogen-bond acceptors (Lipinski definition) is 6. The summed E-state index contributed by atoms with van der Waals surface area (Å²) in [4.78, 5) is 32.7. The molecule has 0 spiro atoms. The molecular formula is C22H26F3N3O4. The zero-order valence-corrected chi connectivity index (χ0v) is 18.3. The quantitative estimate of drug-likeness (QED) is 0.583. The first-order valence-corrected chi connectivity index (χ1v) is 10.1. The monoisotopic (exact) mass is 453 g/mol. The zero-order chi connectivity index (χ0) is 23.9. The van der Waals surface area contributed by atoms with Gasteiger partial charge in [0, 0.05) is 36.0 Å². The van der Waals surface area contributed by atoms with Crippen LogP contribution < -0.4 is 14.8 Å². The first kappa shape index (κ1) is 25.1. The Morgan fingerprint density at radius 1 is 1.12 bits per heavy atom. The normalized spacial score (nSPS) is 12.4. The van der Waals surface area contributed by atoms with E-state index in [1.165, 1.54) is 24.5 Å². The van der Waals surface area contributed by atoms with Crippen LogP contribution in [0.4, 0.5) is 13.2 Å². The van der Waals surface area contributed by atoms with E-state index in [2.05, 4.69) is 15.3 Å². The molecule has 7 nitrogen and oxygen atoms in total. The maximum Gasteiger partial charge on any atom is 0.422 e. The summed E-state index contributed by atoms with van der Waals surface area (Å²) in [5, 5.41) is 2.79. The molecule has 2 aromatic rings. The number of hydrogen-bond donors (Lipinski definition) is 1. The molecule has 2 aromatic heterocycles. The van der Waals surface area contributed by atoms with Crippen LogP contribution in [0.1, 0.15) is 55.4 Å². The van der Waals surface area contributed by atoms with Crippen LogP contribution in [0.25, 0.3) is 0 Å². The lowest BCUT2D eigenvalue weighted by Gasteiger charge is -2.17. The average Bonchev–Trinajstić information content (AvgIpc) is 2.72. The molecule has 0 fully saturated rings. The van der Waals surface area contributed by atoms with Crippen molar-refractivity contribution >= 4 is 11.7 Å². The van der Waals surface area contributed by atoms with Gasteiger partial charge < -0.3 is 14.8 Å². The molecule has 0 aliphatic heterocycles. The van der Waals surface area contributed by atoms with Gasteiger partial charge in [0.15, 0.2) is 12.4 Å². The van der Waals surface area contributed by atoms with E-state index in [0.717, 1.165) is 0 Å². The zero-order valence-electron chi connectivity index (χ0n) is 18.3. The molecule has 0 bridgehead atoms. The number of Topliss-reactive ketones (excluding diaryl/α,β-unsaturated/α-hetero) is 1. The Balaban J connectivity index is 2.12. The second kappa shape index (κ2) is 10.9. The molecule has 1 N–H and O–H groups in total. The van der Waals surface area contributed by atoms with Gasteiger partial charge in [-0.25, -0.2) is 4.98 Å². The molecule has 1 atom stereocenters. The van der Waals surface area contributed by atoms with E-state index in [-0.39, 0.29) is 36.4 Å². The van der Waals surface area contributed by atoms with Crippen LogP contribution in [0, 0.1) is 5.92 Å². The van der Waals surface area contributed by atoms with Crippen molar-refractivity contribution in [2.24, 2.45) is 5.92 Å². The number of ether oxygens (including phenoxy) is 2. The summed E-state index contributed by atoms with van der Waals surface area (Å²) in [5.41, 5.74) is 1.35. The van der Waals surface area contributed by atoms with E-state index in [9.17, 15) is 22.8 Å². The Labute approximate surface area is 184 Å². The van der Waals surface area contributed by atoms with Crippen LogP contribution in [0.2, 0.25) is 0 Å². The van der Waals surface area contributed by atoms with E-state index in [4.69, 9.17) is 9.47 Å². The minimum atomic E-state index is -4.51. The van der Waals surface area contributed by atoms with Crippen LogP contribution in [-0.4, -0.2) is 41.0 Å². The van der Waals surface area contributed by atoms with Crippen LogP contribution in [0.5, 0.6) is 11.6 Å². The third-order valence-corrected chi connectivity index (χ3v) is 4.44. The SMILES string of the molecule is CCOc1cc(C(C)NC(=O)c2ccnc(CC(=O)C(C)C)c2)cnc1OCC(F)(F)F. The van der Waals surface area contributed by atoms with Crippen molar-refractivity contribution in [3.8, 4) is 11.6 Å². The minimum absolute atomic E-state index is 0.0192. The molecule has 0 aromatic carbocycles. The molecule has 0 aliphatic rings. The number of rotatable bonds is 10. The van der Waals surface area contributed by atoms with E-state index in [1.54, 1.807) is 33.8 Å². The van der Waals surface area contributed by atoms with Crippen LogP contribution >= 0.6 is 0 Å². The number of aromatic nitrogens is 2. The first-order valence-electron chi connectivity index (χ1n) is 10.1. The Hall–Kier alpha value is -3.17. The summed E-state index contributed by atoms with van der Waals surface area (Å²) in [6.45, 7) is 5.68. The molecule has 0 saturated heterocycles. The number of alkyl halides is 3. The molecule has 1 amide bonds. The fourth-order valence-corrected chi connectivity index (χ4v) is 2.66. The molecule has 0 radical (unpaired) electrons. The number of ketones is 1. The molecular weight excluding hydrogens is 427 g/mol. The van der Waals surface area contributed by atoms with Crippen molar-refractivity contribution in [2.45, 2.75) is 46.3 Å². The van der Waals surface area contributed by atoms with Gasteiger partial charge >= 0.3 is 6.18 Å². The fraction of sp³-hybridized carbons (Fsp3) is 0.455.